The van der Waals surface area contributed by atoms with Gasteiger partial charge in [-0.25, -0.2) is 14.4 Å². The first kappa shape index (κ1) is 20.2. The quantitative estimate of drug-likeness (QED) is 0.295. The van der Waals surface area contributed by atoms with Gasteiger partial charge in [0, 0.05) is 20.0 Å². The number of carbonyl (C=O) groups excluding carboxylic acids is 3. The predicted molar refractivity (Wildman–Crippen MR) is 113 cm³/mol. The van der Waals surface area contributed by atoms with Crippen LogP contribution in [0.3, 0.4) is 0 Å². The third-order valence-electron chi connectivity index (χ3n) is 4.57. The van der Waals surface area contributed by atoms with Crippen molar-refractivity contribution in [1.82, 2.24) is 0 Å². The van der Waals surface area contributed by atoms with Crippen molar-refractivity contribution in [3.8, 4) is 5.75 Å². The molecular formula is C24H19NO6. The Balaban J connectivity index is 1.54. The molecule has 0 unspecified atom stereocenters. The predicted octanol–water partition coefficient (Wildman–Crippen LogP) is 4.19. The second-order valence-electron chi connectivity index (χ2n) is 7.33. The molecule has 0 aliphatic carbocycles. The molecular weight excluding hydrogens is 398 g/mol. The third-order valence-corrected chi connectivity index (χ3v) is 4.57. The van der Waals surface area contributed by atoms with Crippen LogP contribution in [0.2, 0.25) is 0 Å². The number of para-hydroxylation sites is 1. The lowest BCUT2D eigenvalue weighted by Gasteiger charge is -2.29. The third kappa shape index (κ3) is 4.40. The second kappa shape index (κ2) is 7.95. The lowest BCUT2D eigenvalue weighted by molar-refractivity contribution is -0.222. The number of anilines is 1. The first-order valence-corrected chi connectivity index (χ1v) is 9.56. The molecule has 0 saturated carbocycles. The topological polar surface area (TPSA) is 90.9 Å². The Morgan fingerprint density at radius 1 is 0.903 bits per heavy atom. The molecule has 31 heavy (non-hydrogen) atoms. The van der Waals surface area contributed by atoms with E-state index in [9.17, 15) is 14.4 Å². The molecule has 1 heterocycles. The van der Waals surface area contributed by atoms with Gasteiger partial charge in [0.1, 0.15) is 5.75 Å². The summed E-state index contributed by atoms with van der Waals surface area (Å²) in [5, 5.41) is 4.78. The van der Waals surface area contributed by atoms with Crippen LogP contribution in [0.1, 0.15) is 24.2 Å². The molecule has 0 aromatic heterocycles. The maximum absolute atomic E-state index is 12.8. The van der Waals surface area contributed by atoms with Gasteiger partial charge in [0.25, 0.3) is 5.79 Å². The van der Waals surface area contributed by atoms with Gasteiger partial charge in [0.2, 0.25) is 0 Å². The van der Waals surface area contributed by atoms with E-state index in [1.54, 1.807) is 36.4 Å². The van der Waals surface area contributed by atoms with Crippen LogP contribution in [-0.4, -0.2) is 23.7 Å². The maximum Gasteiger partial charge on any atom is 0.350 e. The molecule has 156 valence electrons. The molecule has 0 radical (unpaired) electrons. The van der Waals surface area contributed by atoms with Gasteiger partial charge in [-0.15, -0.1) is 0 Å². The summed E-state index contributed by atoms with van der Waals surface area (Å²) in [6, 6.07) is 19.7. The van der Waals surface area contributed by atoms with Gasteiger partial charge in [-0.3, -0.25) is 0 Å². The van der Waals surface area contributed by atoms with Crippen LogP contribution in [0.15, 0.2) is 78.5 Å². The van der Waals surface area contributed by atoms with Crippen molar-refractivity contribution in [3.63, 3.8) is 0 Å². The number of esters is 3. The van der Waals surface area contributed by atoms with Crippen molar-refractivity contribution in [2.24, 2.45) is 0 Å². The molecule has 3 aromatic rings. The summed E-state index contributed by atoms with van der Waals surface area (Å²) in [5.41, 5.74) is 0.272. The van der Waals surface area contributed by atoms with E-state index < -0.39 is 23.7 Å². The summed E-state index contributed by atoms with van der Waals surface area (Å²) in [7, 11) is 0. The van der Waals surface area contributed by atoms with E-state index in [1.165, 1.54) is 13.8 Å². The summed E-state index contributed by atoms with van der Waals surface area (Å²) in [6.45, 7) is 2.93. The summed E-state index contributed by atoms with van der Waals surface area (Å²) in [4.78, 5) is 36.9. The second-order valence-corrected chi connectivity index (χ2v) is 7.33. The zero-order chi connectivity index (χ0) is 22.0. The first-order chi connectivity index (χ1) is 14.8. The van der Waals surface area contributed by atoms with Crippen molar-refractivity contribution in [3.05, 3.63) is 84.1 Å². The van der Waals surface area contributed by atoms with E-state index in [1.807, 2.05) is 30.3 Å². The highest BCUT2D eigenvalue weighted by Crippen LogP contribution is 2.25. The smallest absolute Gasteiger partial charge is 0.350 e. The van der Waals surface area contributed by atoms with E-state index in [4.69, 9.17) is 14.2 Å². The van der Waals surface area contributed by atoms with Gasteiger partial charge in [0.15, 0.2) is 5.57 Å². The zero-order valence-electron chi connectivity index (χ0n) is 16.9. The SMILES string of the molecule is CC1(C)OC(=O)C(=CNc2ccccc2C(=O)Oc2ccc3ccccc3c2)C(=O)O1. The molecule has 0 atom stereocenters. The number of carbonyl (C=O) groups is 3. The molecule has 7 nitrogen and oxygen atoms in total. The van der Waals surface area contributed by atoms with Crippen LogP contribution >= 0.6 is 0 Å². The van der Waals surface area contributed by atoms with Crippen molar-refractivity contribution in [2.45, 2.75) is 19.6 Å². The van der Waals surface area contributed by atoms with Crippen LogP contribution < -0.4 is 10.1 Å². The van der Waals surface area contributed by atoms with Gasteiger partial charge in [0.05, 0.1) is 11.3 Å². The van der Waals surface area contributed by atoms with Crippen molar-refractivity contribution in [2.75, 3.05) is 5.32 Å². The number of hydrogen-bond donors (Lipinski definition) is 1. The van der Waals surface area contributed by atoms with E-state index in [0.717, 1.165) is 17.0 Å². The average molecular weight is 417 g/mol. The van der Waals surface area contributed by atoms with Gasteiger partial charge >= 0.3 is 17.9 Å². The molecule has 7 heteroatoms. The molecule has 4 rings (SSSR count). The number of cyclic esters (lactones) is 2. The number of nitrogens with one attached hydrogen (secondary N) is 1. The largest absolute Gasteiger partial charge is 0.423 e. The van der Waals surface area contributed by atoms with Crippen LogP contribution in [-0.2, 0) is 19.1 Å². The van der Waals surface area contributed by atoms with Crippen molar-refractivity contribution in [1.29, 1.82) is 0 Å². The minimum Gasteiger partial charge on any atom is -0.423 e. The summed E-state index contributed by atoms with van der Waals surface area (Å²) >= 11 is 0. The Morgan fingerprint density at radius 2 is 1.55 bits per heavy atom. The maximum atomic E-state index is 12.8. The fourth-order valence-electron chi connectivity index (χ4n) is 3.11. The Hall–Kier alpha value is -4.13. The summed E-state index contributed by atoms with van der Waals surface area (Å²) in [5.74, 6) is -3.15. The average Bonchev–Trinajstić information content (AvgIpc) is 2.72. The van der Waals surface area contributed by atoms with Gasteiger partial charge in [-0.05, 0) is 35.0 Å². The summed E-state index contributed by atoms with van der Waals surface area (Å²) < 4.78 is 15.6. The Morgan fingerprint density at radius 3 is 2.29 bits per heavy atom. The highest BCUT2D eigenvalue weighted by atomic mass is 16.7. The van der Waals surface area contributed by atoms with Crippen molar-refractivity contribution >= 4 is 34.4 Å². The molecule has 1 N–H and O–H groups in total. The minimum absolute atomic E-state index is 0.227. The number of hydrogen-bond acceptors (Lipinski definition) is 7. The van der Waals surface area contributed by atoms with Crippen LogP contribution in [0.5, 0.6) is 5.75 Å². The lowest BCUT2D eigenvalue weighted by atomic mass is 10.1. The normalized spacial score (nSPS) is 15.1. The van der Waals surface area contributed by atoms with E-state index in [-0.39, 0.29) is 11.1 Å². The van der Waals surface area contributed by atoms with Crippen LogP contribution in [0, 0.1) is 0 Å². The molecule has 0 bridgehead atoms. The molecule has 3 aromatic carbocycles. The molecule has 1 fully saturated rings. The number of fused-ring (bicyclic) bond motifs is 1. The van der Waals surface area contributed by atoms with E-state index in [0.29, 0.717) is 11.4 Å². The number of rotatable bonds is 4. The van der Waals surface area contributed by atoms with Crippen LogP contribution in [0.25, 0.3) is 10.8 Å². The lowest BCUT2D eigenvalue weighted by Crippen LogP contribution is -2.42. The molecule has 1 aliphatic heterocycles. The highest BCUT2D eigenvalue weighted by Gasteiger charge is 2.39. The fourth-order valence-corrected chi connectivity index (χ4v) is 3.11. The summed E-state index contributed by atoms with van der Waals surface area (Å²) in [6.07, 6.45) is 1.15. The molecule has 1 aliphatic rings. The first-order valence-electron chi connectivity index (χ1n) is 9.56. The Kier molecular flexibility index (Phi) is 5.17. The van der Waals surface area contributed by atoms with Gasteiger partial charge < -0.3 is 19.5 Å². The Labute approximate surface area is 178 Å². The molecule has 0 spiro atoms. The van der Waals surface area contributed by atoms with E-state index in [2.05, 4.69) is 5.32 Å². The van der Waals surface area contributed by atoms with E-state index >= 15 is 0 Å². The van der Waals surface area contributed by atoms with Crippen molar-refractivity contribution < 1.29 is 28.6 Å². The standard InChI is InChI=1S/C24H19NO6/c1-24(2)30-22(27)19(23(28)31-24)14-25-20-10-6-5-9-18(20)21(26)29-17-12-11-15-7-3-4-8-16(15)13-17/h3-14,25H,1-2H3. The highest BCUT2D eigenvalue weighted by molar-refractivity contribution is 6.15. The number of ether oxygens (including phenoxy) is 3. The van der Waals surface area contributed by atoms with Gasteiger partial charge in [-0.2, -0.15) is 0 Å². The zero-order valence-corrected chi connectivity index (χ0v) is 16.9. The molecule has 0 amide bonds. The number of benzene rings is 3. The molecule has 1 saturated heterocycles. The minimum atomic E-state index is -1.33. The van der Waals surface area contributed by atoms with Gasteiger partial charge in [-0.1, -0.05) is 42.5 Å². The fraction of sp³-hybridized carbons (Fsp3) is 0.125. The van der Waals surface area contributed by atoms with Crippen LogP contribution in [0.4, 0.5) is 5.69 Å². The Bertz CT molecular complexity index is 1210. The monoisotopic (exact) mass is 417 g/mol.